The van der Waals surface area contributed by atoms with Gasteiger partial charge in [-0.2, -0.15) is 0 Å². The molecule has 1 unspecified atom stereocenters. The Kier molecular flexibility index (Phi) is 9.05. The van der Waals surface area contributed by atoms with Crippen molar-refractivity contribution in [2.24, 2.45) is 5.92 Å². The fourth-order valence-electron chi connectivity index (χ4n) is 3.00. The van der Waals surface area contributed by atoms with Gasteiger partial charge in [-0.15, -0.1) is 11.3 Å². The van der Waals surface area contributed by atoms with Crippen LogP contribution in [-0.2, 0) is 16.0 Å². The average Bonchev–Trinajstić information content (AvgIpc) is 3.21. The first kappa shape index (κ1) is 26.4. The molecule has 186 valence electrons. The molecule has 11 heteroatoms. The molecule has 9 nitrogen and oxygen atoms in total. The van der Waals surface area contributed by atoms with Crippen LogP contribution in [0.2, 0.25) is 0 Å². The Morgan fingerprint density at radius 2 is 1.97 bits per heavy atom. The largest absolute Gasteiger partial charge is 0.481 e. The number of rotatable bonds is 10. The van der Waals surface area contributed by atoms with Crippen molar-refractivity contribution in [3.8, 4) is 11.5 Å². The minimum atomic E-state index is -0.952. The molecule has 3 aromatic rings. The molecule has 1 amide bonds. The number of thiazole rings is 1. The Morgan fingerprint density at radius 1 is 1.23 bits per heavy atom. The van der Waals surface area contributed by atoms with Crippen LogP contribution in [-0.4, -0.2) is 39.3 Å². The minimum absolute atomic E-state index is 0.185. The summed E-state index contributed by atoms with van der Waals surface area (Å²) in [6, 6.07) is 11.1. The zero-order chi connectivity index (χ0) is 25.4. The van der Waals surface area contributed by atoms with Crippen LogP contribution in [0.15, 0.2) is 52.4 Å². The van der Waals surface area contributed by atoms with Gasteiger partial charge in [0, 0.05) is 35.1 Å². The van der Waals surface area contributed by atoms with Gasteiger partial charge in [0.25, 0.3) is 0 Å². The van der Waals surface area contributed by atoms with Gasteiger partial charge in [-0.3, -0.25) is 4.79 Å². The Bertz CT molecular complexity index is 1150. The molecule has 0 aliphatic carbocycles. The summed E-state index contributed by atoms with van der Waals surface area (Å²) in [7, 11) is 0. The van der Waals surface area contributed by atoms with Gasteiger partial charge in [0.15, 0.2) is 16.7 Å². The van der Waals surface area contributed by atoms with E-state index in [0.29, 0.717) is 28.1 Å². The van der Waals surface area contributed by atoms with Crippen molar-refractivity contribution >= 4 is 50.3 Å². The van der Waals surface area contributed by atoms with Crippen LogP contribution in [0.3, 0.4) is 0 Å². The topological polar surface area (TPSA) is 123 Å². The van der Waals surface area contributed by atoms with Gasteiger partial charge in [-0.1, -0.05) is 18.2 Å². The van der Waals surface area contributed by atoms with Gasteiger partial charge < -0.3 is 25.2 Å². The first-order valence-electron chi connectivity index (χ1n) is 10.9. The predicted molar refractivity (Wildman–Crippen MR) is 138 cm³/mol. The van der Waals surface area contributed by atoms with E-state index in [-0.39, 0.29) is 19.4 Å². The van der Waals surface area contributed by atoms with Crippen LogP contribution in [0.4, 0.5) is 15.7 Å². The lowest BCUT2D eigenvalue weighted by Crippen LogP contribution is -2.34. The molecule has 3 rings (SSSR count). The van der Waals surface area contributed by atoms with Gasteiger partial charge in [0.2, 0.25) is 0 Å². The van der Waals surface area contributed by atoms with E-state index in [1.54, 1.807) is 38.4 Å². The highest BCUT2D eigenvalue weighted by Gasteiger charge is 2.21. The molecule has 0 saturated carbocycles. The van der Waals surface area contributed by atoms with Crippen LogP contribution < -0.4 is 15.4 Å². The smallest absolute Gasteiger partial charge is 0.407 e. The molecule has 2 aromatic heterocycles. The maximum atomic E-state index is 11.8. The van der Waals surface area contributed by atoms with Crippen LogP contribution in [0.25, 0.3) is 0 Å². The van der Waals surface area contributed by atoms with E-state index in [9.17, 15) is 14.7 Å². The molecular formula is C24H27BrN4O5S. The monoisotopic (exact) mass is 562 g/mol. The van der Waals surface area contributed by atoms with Gasteiger partial charge >= 0.3 is 12.1 Å². The molecule has 0 bridgehead atoms. The second kappa shape index (κ2) is 12.0. The number of aromatic nitrogens is 2. The quantitative estimate of drug-likeness (QED) is 0.275. The number of hydrogen-bond acceptors (Lipinski definition) is 8. The maximum Gasteiger partial charge on any atom is 0.407 e. The van der Waals surface area contributed by atoms with Crippen molar-refractivity contribution in [1.82, 2.24) is 15.3 Å². The van der Waals surface area contributed by atoms with E-state index in [4.69, 9.17) is 9.47 Å². The van der Waals surface area contributed by atoms with E-state index in [1.807, 2.05) is 30.3 Å². The average molecular weight is 563 g/mol. The summed E-state index contributed by atoms with van der Waals surface area (Å²) in [6.45, 7) is 5.48. The number of para-hydroxylation sites is 1. The number of nitrogens with one attached hydrogen (secondary N) is 2. The fraction of sp³-hybridized carbons (Fsp3) is 0.333. The standard InChI is InChI=1S/C24H27BrN4O5S/c1-24(2,3)34-23(32)26-10-9-15(21(30)31)11-17-14-35-22(28-17)29-20-19(12-16(25)13-27-20)33-18-7-5-4-6-8-18/h4-8,12-15H,9-11H2,1-3H3,(H,26,32)(H,30,31)(H,27,28,29). The SMILES string of the molecule is CC(C)(C)OC(=O)NCCC(Cc1csc(Nc2ncc(Br)cc2Oc2ccccc2)n1)C(=O)O. The zero-order valence-corrected chi connectivity index (χ0v) is 22.0. The highest BCUT2D eigenvalue weighted by atomic mass is 79.9. The second-order valence-electron chi connectivity index (χ2n) is 8.64. The summed E-state index contributed by atoms with van der Waals surface area (Å²) < 4.78 is 11.9. The van der Waals surface area contributed by atoms with E-state index in [0.717, 1.165) is 4.47 Å². The van der Waals surface area contributed by atoms with Crippen molar-refractivity contribution in [3.05, 3.63) is 58.1 Å². The van der Waals surface area contributed by atoms with Gasteiger partial charge in [0.05, 0.1) is 11.6 Å². The molecule has 0 aliphatic heterocycles. The lowest BCUT2D eigenvalue weighted by Gasteiger charge is -2.20. The molecule has 0 fully saturated rings. The molecular weight excluding hydrogens is 536 g/mol. The van der Waals surface area contributed by atoms with E-state index >= 15 is 0 Å². The summed E-state index contributed by atoms with van der Waals surface area (Å²) in [6.07, 6.45) is 1.55. The van der Waals surface area contributed by atoms with Crippen molar-refractivity contribution in [3.63, 3.8) is 0 Å². The number of carbonyl (C=O) groups is 2. The van der Waals surface area contributed by atoms with E-state index < -0.39 is 23.6 Å². The first-order chi connectivity index (χ1) is 16.6. The number of pyridine rings is 1. The summed E-state index contributed by atoms with van der Waals surface area (Å²) >= 11 is 4.75. The number of hydrogen-bond donors (Lipinski definition) is 3. The van der Waals surface area contributed by atoms with Crippen LogP contribution >= 0.6 is 27.3 Å². The molecule has 3 N–H and O–H groups in total. The van der Waals surface area contributed by atoms with Crippen molar-refractivity contribution in [2.45, 2.75) is 39.2 Å². The number of amides is 1. The highest BCUT2D eigenvalue weighted by molar-refractivity contribution is 9.10. The van der Waals surface area contributed by atoms with Crippen molar-refractivity contribution in [1.29, 1.82) is 0 Å². The molecule has 35 heavy (non-hydrogen) atoms. The molecule has 0 saturated heterocycles. The molecule has 0 spiro atoms. The molecule has 0 radical (unpaired) electrons. The Balaban J connectivity index is 1.61. The summed E-state index contributed by atoms with van der Waals surface area (Å²) in [5.74, 6) is 0.00195. The number of aliphatic carboxylic acids is 1. The van der Waals surface area contributed by atoms with Crippen LogP contribution in [0, 0.1) is 5.92 Å². The predicted octanol–water partition coefficient (Wildman–Crippen LogP) is 5.99. The van der Waals surface area contributed by atoms with Gasteiger partial charge in [-0.25, -0.2) is 14.8 Å². The minimum Gasteiger partial charge on any atom is -0.481 e. The van der Waals surface area contributed by atoms with Crippen molar-refractivity contribution in [2.75, 3.05) is 11.9 Å². The van der Waals surface area contributed by atoms with Crippen molar-refractivity contribution < 1.29 is 24.2 Å². The zero-order valence-electron chi connectivity index (χ0n) is 19.6. The number of carbonyl (C=O) groups excluding carboxylic acids is 1. The fourth-order valence-corrected chi connectivity index (χ4v) is 4.03. The third-order valence-electron chi connectivity index (χ3n) is 4.53. The highest BCUT2D eigenvalue weighted by Crippen LogP contribution is 2.33. The lowest BCUT2D eigenvalue weighted by molar-refractivity contribution is -0.141. The number of carboxylic acid groups (broad SMARTS) is 1. The Hall–Kier alpha value is -3.18. The number of halogens is 1. The first-order valence-corrected chi connectivity index (χ1v) is 12.6. The number of carboxylic acids is 1. The maximum absolute atomic E-state index is 11.8. The second-order valence-corrected chi connectivity index (χ2v) is 10.4. The molecule has 1 atom stereocenters. The molecule has 1 aromatic carbocycles. The summed E-state index contributed by atoms with van der Waals surface area (Å²) in [5.41, 5.74) is 0.0143. The van der Waals surface area contributed by atoms with E-state index in [2.05, 4.69) is 36.5 Å². The lowest BCUT2D eigenvalue weighted by atomic mass is 10.0. The molecule has 0 aliphatic rings. The van der Waals surface area contributed by atoms with Gasteiger partial charge in [-0.05, 0) is 55.3 Å². The van der Waals surface area contributed by atoms with E-state index in [1.165, 1.54) is 11.3 Å². The third kappa shape index (κ3) is 8.84. The Morgan fingerprint density at radius 3 is 2.66 bits per heavy atom. The van der Waals surface area contributed by atoms with Crippen LogP contribution in [0.1, 0.15) is 32.9 Å². The summed E-state index contributed by atoms with van der Waals surface area (Å²) in [4.78, 5) is 32.4. The number of benzene rings is 1. The number of nitrogens with zero attached hydrogens (tertiary/aromatic N) is 2. The summed E-state index contributed by atoms with van der Waals surface area (Å²) in [5, 5.41) is 17.7. The van der Waals surface area contributed by atoms with Crippen LogP contribution in [0.5, 0.6) is 11.5 Å². The molecule has 2 heterocycles. The number of alkyl carbamates (subject to hydrolysis) is 1. The Labute approximate surface area is 216 Å². The number of anilines is 2. The normalized spacial score (nSPS) is 12.0. The third-order valence-corrected chi connectivity index (χ3v) is 5.77. The van der Waals surface area contributed by atoms with Gasteiger partial charge in [0.1, 0.15) is 11.4 Å². The number of ether oxygens (including phenoxy) is 2.